The maximum atomic E-state index is 11.4. The van der Waals surface area contributed by atoms with Gasteiger partial charge in [0.15, 0.2) is 0 Å². The van der Waals surface area contributed by atoms with E-state index in [0.29, 0.717) is 11.5 Å². The molecule has 2 rings (SSSR count). The van der Waals surface area contributed by atoms with Gasteiger partial charge in [-0.1, -0.05) is 0 Å². The molecular weight excluding hydrogens is 182 g/mol. The predicted octanol–water partition coefficient (Wildman–Crippen LogP) is 0.689. The zero-order valence-electron chi connectivity index (χ0n) is 8.08. The second-order valence-corrected chi connectivity index (χ2v) is 3.40. The van der Waals surface area contributed by atoms with Crippen LogP contribution in [-0.2, 0) is 0 Å². The molecule has 4 heteroatoms. The van der Waals surface area contributed by atoms with E-state index in [-0.39, 0.29) is 11.5 Å². The molecule has 14 heavy (non-hydrogen) atoms. The molecule has 2 heterocycles. The Labute approximate surface area is 81.9 Å². The van der Waals surface area contributed by atoms with Gasteiger partial charge in [0.25, 0.3) is 0 Å². The number of hydrogen-bond donors (Lipinski definition) is 1. The van der Waals surface area contributed by atoms with Gasteiger partial charge in [-0.2, -0.15) is 0 Å². The smallest absolute Gasteiger partial charge is 0.227 e. The summed E-state index contributed by atoms with van der Waals surface area (Å²) in [6.45, 7) is 3.48. The number of rotatable bonds is 2. The van der Waals surface area contributed by atoms with Gasteiger partial charge in [0.2, 0.25) is 11.2 Å². The molecular formula is C10H13NO3. The van der Waals surface area contributed by atoms with Crippen LogP contribution in [0.5, 0.6) is 5.75 Å². The quantitative estimate of drug-likeness (QED) is 0.754. The van der Waals surface area contributed by atoms with Crippen LogP contribution in [-0.4, -0.2) is 19.2 Å². The topological polar surface area (TPSA) is 51.5 Å². The van der Waals surface area contributed by atoms with Crippen LogP contribution >= 0.6 is 0 Å². The van der Waals surface area contributed by atoms with Gasteiger partial charge in [-0.15, -0.1) is 0 Å². The molecule has 0 spiro atoms. The van der Waals surface area contributed by atoms with Crippen molar-refractivity contribution in [1.82, 2.24) is 5.32 Å². The lowest BCUT2D eigenvalue weighted by Crippen LogP contribution is -2.23. The summed E-state index contributed by atoms with van der Waals surface area (Å²) in [5.41, 5.74) is -0.111. The second-order valence-electron chi connectivity index (χ2n) is 3.40. The van der Waals surface area contributed by atoms with E-state index < -0.39 is 0 Å². The fourth-order valence-corrected chi connectivity index (χ4v) is 1.54. The summed E-state index contributed by atoms with van der Waals surface area (Å²) in [7, 11) is 0. The summed E-state index contributed by atoms with van der Waals surface area (Å²) in [6, 6.07) is 1.38. The van der Waals surface area contributed by atoms with Crippen LogP contribution in [0.1, 0.15) is 12.2 Å². The van der Waals surface area contributed by atoms with Crippen molar-refractivity contribution in [2.75, 3.05) is 13.1 Å². The van der Waals surface area contributed by atoms with Gasteiger partial charge in [-0.05, 0) is 19.9 Å². The minimum absolute atomic E-state index is 0.0963. The Morgan fingerprint density at radius 2 is 2.50 bits per heavy atom. The lowest BCUT2D eigenvalue weighted by molar-refractivity contribution is 0.211. The first-order valence-electron chi connectivity index (χ1n) is 4.73. The van der Waals surface area contributed by atoms with Crippen molar-refractivity contribution < 1.29 is 9.15 Å². The molecule has 4 nitrogen and oxygen atoms in total. The molecule has 0 aliphatic carbocycles. The van der Waals surface area contributed by atoms with Crippen molar-refractivity contribution in [3.05, 3.63) is 28.3 Å². The summed E-state index contributed by atoms with van der Waals surface area (Å²) in [6.07, 6.45) is 2.42. The molecule has 0 aromatic carbocycles. The monoisotopic (exact) mass is 195 g/mol. The van der Waals surface area contributed by atoms with Crippen molar-refractivity contribution in [2.24, 2.45) is 0 Å². The molecule has 1 fully saturated rings. The Bertz CT molecular complexity index is 366. The average Bonchev–Trinajstić information content (AvgIpc) is 2.64. The normalized spacial score (nSPS) is 21.1. The summed E-state index contributed by atoms with van der Waals surface area (Å²) in [5, 5.41) is 3.17. The van der Waals surface area contributed by atoms with Crippen molar-refractivity contribution in [3.63, 3.8) is 0 Å². The van der Waals surface area contributed by atoms with Crippen LogP contribution in [0.3, 0.4) is 0 Å². The van der Waals surface area contributed by atoms with Gasteiger partial charge in [-0.25, -0.2) is 0 Å². The Hall–Kier alpha value is -1.29. The third-order valence-corrected chi connectivity index (χ3v) is 2.31. The molecule has 1 aromatic rings. The molecule has 1 N–H and O–H groups in total. The highest BCUT2D eigenvalue weighted by Crippen LogP contribution is 2.14. The molecule has 1 aromatic heterocycles. The first-order valence-corrected chi connectivity index (χ1v) is 4.73. The maximum Gasteiger partial charge on any atom is 0.227 e. The molecule has 0 amide bonds. The van der Waals surface area contributed by atoms with Crippen molar-refractivity contribution in [1.29, 1.82) is 0 Å². The second kappa shape index (κ2) is 3.84. The van der Waals surface area contributed by atoms with Gasteiger partial charge in [0, 0.05) is 12.6 Å². The van der Waals surface area contributed by atoms with Crippen LogP contribution in [0.4, 0.5) is 0 Å². The number of hydrogen-bond acceptors (Lipinski definition) is 4. The van der Waals surface area contributed by atoms with E-state index in [1.165, 1.54) is 12.3 Å². The largest absolute Gasteiger partial charge is 0.482 e. The highest BCUT2D eigenvalue weighted by molar-refractivity contribution is 5.23. The van der Waals surface area contributed by atoms with Crippen LogP contribution in [0.2, 0.25) is 0 Å². The average molecular weight is 195 g/mol. The summed E-state index contributed by atoms with van der Waals surface area (Å²) >= 11 is 0. The minimum atomic E-state index is -0.111. The van der Waals surface area contributed by atoms with Crippen LogP contribution in [0, 0.1) is 6.92 Å². The highest BCUT2D eigenvalue weighted by atomic mass is 16.5. The van der Waals surface area contributed by atoms with Crippen LogP contribution in [0.15, 0.2) is 21.5 Å². The van der Waals surface area contributed by atoms with Crippen molar-refractivity contribution in [2.45, 2.75) is 19.4 Å². The maximum absolute atomic E-state index is 11.4. The Balaban J connectivity index is 2.19. The number of nitrogens with one attached hydrogen (secondary N) is 1. The first kappa shape index (κ1) is 9.27. The lowest BCUT2D eigenvalue weighted by Gasteiger charge is -2.12. The van der Waals surface area contributed by atoms with E-state index in [2.05, 4.69) is 5.32 Å². The van der Waals surface area contributed by atoms with E-state index in [9.17, 15) is 4.79 Å². The van der Waals surface area contributed by atoms with E-state index in [1.807, 2.05) is 0 Å². The van der Waals surface area contributed by atoms with E-state index >= 15 is 0 Å². The van der Waals surface area contributed by atoms with Gasteiger partial charge in [-0.3, -0.25) is 4.79 Å². The zero-order valence-corrected chi connectivity index (χ0v) is 8.08. The third-order valence-electron chi connectivity index (χ3n) is 2.31. The van der Waals surface area contributed by atoms with E-state index in [1.54, 1.807) is 6.92 Å². The molecule has 1 saturated heterocycles. The fourth-order valence-electron chi connectivity index (χ4n) is 1.54. The molecule has 1 aliphatic rings. The van der Waals surface area contributed by atoms with E-state index in [4.69, 9.17) is 9.15 Å². The number of aryl methyl sites for hydroxylation is 1. The SMILES string of the molecule is Cc1occc(=O)c1OC1CCNC1. The summed E-state index contributed by atoms with van der Waals surface area (Å²) in [4.78, 5) is 11.4. The summed E-state index contributed by atoms with van der Waals surface area (Å²) in [5.74, 6) is 0.894. The highest BCUT2D eigenvalue weighted by Gasteiger charge is 2.18. The molecule has 0 saturated carbocycles. The van der Waals surface area contributed by atoms with E-state index in [0.717, 1.165) is 19.5 Å². The standard InChI is InChI=1S/C10H13NO3/c1-7-10(9(12)3-5-13-7)14-8-2-4-11-6-8/h3,5,8,11H,2,4,6H2,1H3. The zero-order chi connectivity index (χ0) is 9.97. The molecule has 76 valence electrons. The first-order chi connectivity index (χ1) is 6.77. The summed E-state index contributed by atoms with van der Waals surface area (Å²) < 4.78 is 10.7. The third kappa shape index (κ3) is 1.80. The van der Waals surface area contributed by atoms with Crippen molar-refractivity contribution >= 4 is 0 Å². The minimum Gasteiger partial charge on any atom is -0.482 e. The molecule has 1 unspecified atom stereocenters. The Morgan fingerprint density at radius 1 is 1.64 bits per heavy atom. The molecule has 0 bridgehead atoms. The van der Waals surface area contributed by atoms with Gasteiger partial charge < -0.3 is 14.5 Å². The Kier molecular flexibility index (Phi) is 2.54. The van der Waals surface area contributed by atoms with Crippen molar-refractivity contribution in [3.8, 4) is 5.75 Å². The van der Waals surface area contributed by atoms with Crippen LogP contribution in [0.25, 0.3) is 0 Å². The predicted molar refractivity (Wildman–Crippen MR) is 51.6 cm³/mol. The van der Waals surface area contributed by atoms with Gasteiger partial charge in [0.1, 0.15) is 11.9 Å². The Morgan fingerprint density at radius 3 is 3.14 bits per heavy atom. The van der Waals surface area contributed by atoms with Gasteiger partial charge >= 0.3 is 0 Å². The molecule has 1 aliphatic heterocycles. The van der Waals surface area contributed by atoms with Crippen LogP contribution < -0.4 is 15.5 Å². The number of ether oxygens (including phenoxy) is 1. The molecule has 1 atom stereocenters. The van der Waals surface area contributed by atoms with Gasteiger partial charge in [0.05, 0.1) is 6.26 Å². The molecule has 0 radical (unpaired) electrons. The lowest BCUT2D eigenvalue weighted by atomic mass is 10.3. The fraction of sp³-hybridized carbons (Fsp3) is 0.500.